The van der Waals surface area contributed by atoms with Crippen LogP contribution in [0.3, 0.4) is 0 Å². The van der Waals surface area contributed by atoms with Gasteiger partial charge in [0.05, 0.1) is 5.60 Å². The van der Waals surface area contributed by atoms with Gasteiger partial charge in [0.2, 0.25) is 0 Å². The van der Waals surface area contributed by atoms with Gasteiger partial charge in [-0.05, 0) is 60.1 Å². The second-order valence-corrected chi connectivity index (χ2v) is 5.68. The van der Waals surface area contributed by atoms with Crippen molar-refractivity contribution in [3.05, 3.63) is 33.4 Å². The van der Waals surface area contributed by atoms with Gasteiger partial charge in [-0.1, -0.05) is 12.1 Å². The smallest absolute Gasteiger partial charge is 0.0992 e. The summed E-state index contributed by atoms with van der Waals surface area (Å²) in [4.78, 5) is 0. The van der Waals surface area contributed by atoms with Gasteiger partial charge in [-0.25, -0.2) is 0 Å². The van der Waals surface area contributed by atoms with Crippen LogP contribution in [0.1, 0.15) is 25.3 Å². The fourth-order valence-electron chi connectivity index (χ4n) is 1.54. The third-order valence-corrected chi connectivity index (χ3v) is 3.50. The molecule has 1 aliphatic carbocycles. The summed E-state index contributed by atoms with van der Waals surface area (Å²) in [5.74, 6) is 0. The molecule has 0 amide bonds. The first-order chi connectivity index (χ1) is 7.08. The van der Waals surface area contributed by atoms with E-state index in [1.807, 2.05) is 31.2 Å². The fraction of sp³-hybridized carbons (Fsp3) is 0.500. The van der Waals surface area contributed by atoms with E-state index < -0.39 is 5.60 Å². The molecule has 2 rings (SSSR count). The van der Waals surface area contributed by atoms with Crippen LogP contribution in [0.15, 0.2) is 24.3 Å². The van der Waals surface area contributed by atoms with Crippen LogP contribution >= 0.6 is 22.6 Å². The van der Waals surface area contributed by atoms with Crippen LogP contribution < -0.4 is 5.32 Å². The van der Waals surface area contributed by atoms with Crippen LogP contribution in [-0.4, -0.2) is 17.7 Å². The minimum absolute atomic E-state index is 0.637. The van der Waals surface area contributed by atoms with Crippen molar-refractivity contribution in [3.63, 3.8) is 0 Å². The Morgan fingerprint density at radius 1 is 1.40 bits per heavy atom. The van der Waals surface area contributed by atoms with Crippen LogP contribution in [-0.2, 0) is 5.60 Å². The Morgan fingerprint density at radius 2 is 2.00 bits per heavy atom. The molecule has 15 heavy (non-hydrogen) atoms. The Labute approximate surface area is 104 Å². The molecule has 0 heterocycles. The lowest BCUT2D eigenvalue weighted by Gasteiger charge is -2.24. The van der Waals surface area contributed by atoms with Gasteiger partial charge in [-0.2, -0.15) is 0 Å². The zero-order valence-electron chi connectivity index (χ0n) is 8.83. The first-order valence-electron chi connectivity index (χ1n) is 5.30. The zero-order valence-corrected chi connectivity index (χ0v) is 11.0. The second-order valence-electron chi connectivity index (χ2n) is 4.44. The van der Waals surface area contributed by atoms with Crippen molar-refractivity contribution in [3.8, 4) is 0 Å². The molecule has 0 aromatic heterocycles. The highest BCUT2D eigenvalue weighted by molar-refractivity contribution is 14.1. The third-order valence-electron chi connectivity index (χ3n) is 2.78. The molecule has 0 bridgehead atoms. The van der Waals surface area contributed by atoms with Crippen molar-refractivity contribution in [2.24, 2.45) is 0 Å². The van der Waals surface area contributed by atoms with E-state index >= 15 is 0 Å². The highest BCUT2D eigenvalue weighted by Gasteiger charge is 2.27. The monoisotopic (exact) mass is 317 g/mol. The van der Waals surface area contributed by atoms with Crippen LogP contribution in [0.25, 0.3) is 0 Å². The molecule has 2 N–H and O–H groups in total. The number of hydrogen-bond donors (Lipinski definition) is 2. The van der Waals surface area contributed by atoms with Crippen molar-refractivity contribution in [1.29, 1.82) is 0 Å². The summed E-state index contributed by atoms with van der Waals surface area (Å²) in [5.41, 5.74) is 0.225. The topological polar surface area (TPSA) is 32.3 Å². The van der Waals surface area contributed by atoms with E-state index in [9.17, 15) is 5.11 Å². The van der Waals surface area contributed by atoms with Crippen LogP contribution in [0, 0.1) is 3.57 Å². The van der Waals surface area contributed by atoms with Crippen molar-refractivity contribution < 1.29 is 5.11 Å². The highest BCUT2D eigenvalue weighted by Crippen LogP contribution is 2.24. The third kappa shape index (κ3) is 3.16. The summed E-state index contributed by atoms with van der Waals surface area (Å²) in [6, 6.07) is 8.69. The van der Waals surface area contributed by atoms with E-state index in [-0.39, 0.29) is 0 Å². The molecule has 1 aliphatic rings. The maximum atomic E-state index is 10.3. The Morgan fingerprint density at radius 3 is 2.53 bits per heavy atom. The molecule has 0 spiro atoms. The average molecular weight is 317 g/mol. The van der Waals surface area contributed by atoms with E-state index in [1.165, 1.54) is 16.4 Å². The molecule has 1 aromatic rings. The summed E-state index contributed by atoms with van der Waals surface area (Å²) in [6.45, 7) is 2.50. The number of benzene rings is 1. The summed E-state index contributed by atoms with van der Waals surface area (Å²) < 4.78 is 1.20. The number of nitrogens with one attached hydrogen (secondary N) is 1. The Bertz CT molecular complexity index is 330. The van der Waals surface area contributed by atoms with Crippen LogP contribution in [0.5, 0.6) is 0 Å². The molecular formula is C12H16INO. The van der Waals surface area contributed by atoms with Gasteiger partial charge in [0, 0.05) is 16.2 Å². The van der Waals surface area contributed by atoms with Gasteiger partial charge in [-0.3, -0.25) is 0 Å². The molecule has 0 saturated heterocycles. The Balaban J connectivity index is 2.02. The zero-order chi connectivity index (χ0) is 10.9. The molecule has 3 heteroatoms. The normalized spacial score (nSPS) is 19.9. The van der Waals surface area contributed by atoms with Gasteiger partial charge in [0.1, 0.15) is 0 Å². The number of hydrogen-bond acceptors (Lipinski definition) is 2. The maximum absolute atomic E-state index is 10.3. The summed E-state index contributed by atoms with van der Waals surface area (Å²) in [6.07, 6.45) is 2.51. The molecule has 82 valence electrons. The second kappa shape index (κ2) is 4.39. The standard InChI is InChI=1S/C12H16INO/c1-12(15,8-14-11-6-7-11)9-2-4-10(13)5-3-9/h2-5,11,14-15H,6-8H2,1H3. The minimum atomic E-state index is -0.757. The number of aliphatic hydroxyl groups is 1. The van der Waals surface area contributed by atoms with E-state index in [4.69, 9.17) is 0 Å². The molecule has 1 saturated carbocycles. The molecule has 2 nitrogen and oxygen atoms in total. The van der Waals surface area contributed by atoms with Gasteiger partial charge in [0.25, 0.3) is 0 Å². The first kappa shape index (κ1) is 11.4. The molecule has 0 radical (unpaired) electrons. The Kier molecular flexibility index (Phi) is 3.33. The van der Waals surface area contributed by atoms with Gasteiger partial charge >= 0.3 is 0 Å². The highest BCUT2D eigenvalue weighted by atomic mass is 127. The number of halogens is 1. The Hall–Kier alpha value is -0.130. The summed E-state index contributed by atoms with van der Waals surface area (Å²) in [5, 5.41) is 13.6. The predicted molar refractivity (Wildman–Crippen MR) is 69.8 cm³/mol. The van der Waals surface area contributed by atoms with Crippen LogP contribution in [0.4, 0.5) is 0 Å². The lowest BCUT2D eigenvalue weighted by molar-refractivity contribution is 0.0566. The molecule has 0 aliphatic heterocycles. The summed E-state index contributed by atoms with van der Waals surface area (Å²) >= 11 is 2.27. The average Bonchev–Trinajstić information content (AvgIpc) is 2.99. The van der Waals surface area contributed by atoms with E-state index in [0.717, 1.165) is 5.56 Å². The molecule has 1 aromatic carbocycles. The molecule has 1 fully saturated rings. The van der Waals surface area contributed by atoms with Crippen molar-refractivity contribution >= 4 is 22.6 Å². The van der Waals surface area contributed by atoms with E-state index in [0.29, 0.717) is 12.6 Å². The van der Waals surface area contributed by atoms with E-state index in [1.54, 1.807) is 0 Å². The first-order valence-corrected chi connectivity index (χ1v) is 6.37. The van der Waals surface area contributed by atoms with Gasteiger partial charge in [0.15, 0.2) is 0 Å². The lowest BCUT2D eigenvalue weighted by atomic mass is 9.96. The van der Waals surface area contributed by atoms with Crippen molar-refractivity contribution in [1.82, 2.24) is 5.32 Å². The number of rotatable bonds is 4. The minimum Gasteiger partial charge on any atom is -0.384 e. The van der Waals surface area contributed by atoms with Crippen molar-refractivity contribution in [2.75, 3.05) is 6.54 Å². The largest absolute Gasteiger partial charge is 0.384 e. The van der Waals surface area contributed by atoms with E-state index in [2.05, 4.69) is 27.9 Å². The SMILES string of the molecule is CC(O)(CNC1CC1)c1ccc(I)cc1. The quantitative estimate of drug-likeness (QED) is 0.835. The van der Waals surface area contributed by atoms with Crippen molar-refractivity contribution in [2.45, 2.75) is 31.4 Å². The maximum Gasteiger partial charge on any atom is 0.0992 e. The molecular weight excluding hydrogens is 301 g/mol. The fourth-order valence-corrected chi connectivity index (χ4v) is 1.90. The van der Waals surface area contributed by atoms with Gasteiger partial charge in [-0.15, -0.1) is 0 Å². The summed E-state index contributed by atoms with van der Waals surface area (Å²) in [7, 11) is 0. The predicted octanol–water partition coefficient (Wildman–Crippen LogP) is 2.25. The van der Waals surface area contributed by atoms with Gasteiger partial charge < -0.3 is 10.4 Å². The van der Waals surface area contributed by atoms with Crippen LogP contribution in [0.2, 0.25) is 0 Å². The molecule has 1 unspecified atom stereocenters. The lowest BCUT2D eigenvalue weighted by Crippen LogP contribution is -2.36. The molecule has 1 atom stereocenters.